The average molecular weight is 310 g/mol. The zero-order valence-corrected chi connectivity index (χ0v) is 12.9. The van der Waals surface area contributed by atoms with Gasteiger partial charge >= 0.3 is 5.97 Å². The van der Waals surface area contributed by atoms with E-state index in [1.165, 1.54) is 31.4 Å². The third-order valence-corrected chi connectivity index (χ3v) is 4.14. The van der Waals surface area contributed by atoms with Crippen LogP contribution in [0.1, 0.15) is 54.2 Å². The van der Waals surface area contributed by atoms with Crippen molar-refractivity contribution in [2.24, 2.45) is 0 Å². The predicted octanol–water partition coefficient (Wildman–Crippen LogP) is 1.61. The Hall–Kier alpha value is -1.73. The molecule has 0 radical (unpaired) electrons. The van der Waals surface area contributed by atoms with Crippen molar-refractivity contribution in [1.82, 2.24) is 9.55 Å². The maximum absolute atomic E-state index is 12.5. The molecule has 1 saturated carbocycles. The standard InChI is InChI=1S/C15H22N2O5/c1-21-12(22-2)9-17-13(10-6-4-3-5-7-10)16-8-11(14(17)18)15(19)20/h8,10,12H,3-7,9H2,1-2H3,(H,19,20). The summed E-state index contributed by atoms with van der Waals surface area (Å²) in [6, 6.07) is 0. The fourth-order valence-electron chi connectivity index (χ4n) is 2.91. The Kier molecular flexibility index (Phi) is 5.68. The number of nitrogens with zero attached hydrogens (tertiary/aromatic N) is 2. The van der Waals surface area contributed by atoms with Crippen LogP contribution < -0.4 is 5.56 Å². The van der Waals surface area contributed by atoms with Crippen LogP contribution in [0.3, 0.4) is 0 Å². The zero-order valence-electron chi connectivity index (χ0n) is 12.9. The third-order valence-electron chi connectivity index (χ3n) is 4.14. The molecule has 1 heterocycles. The maximum atomic E-state index is 12.5. The first-order valence-electron chi connectivity index (χ1n) is 7.47. The second-order valence-electron chi connectivity index (χ2n) is 5.49. The molecule has 1 aliphatic rings. The highest BCUT2D eigenvalue weighted by molar-refractivity contribution is 5.86. The van der Waals surface area contributed by atoms with E-state index in [2.05, 4.69) is 4.98 Å². The molecule has 1 aliphatic carbocycles. The van der Waals surface area contributed by atoms with Gasteiger partial charge in [0, 0.05) is 26.3 Å². The summed E-state index contributed by atoms with van der Waals surface area (Å²) in [6.07, 6.45) is 5.85. The Morgan fingerprint density at radius 2 is 2.00 bits per heavy atom. The minimum Gasteiger partial charge on any atom is -0.477 e. The second kappa shape index (κ2) is 7.51. The van der Waals surface area contributed by atoms with E-state index in [4.69, 9.17) is 14.6 Å². The molecule has 0 bridgehead atoms. The monoisotopic (exact) mass is 310 g/mol. The zero-order chi connectivity index (χ0) is 16.1. The van der Waals surface area contributed by atoms with Crippen molar-refractivity contribution in [1.29, 1.82) is 0 Å². The highest BCUT2D eigenvalue weighted by Gasteiger charge is 2.24. The highest BCUT2D eigenvalue weighted by Crippen LogP contribution is 2.31. The fraction of sp³-hybridized carbons (Fsp3) is 0.667. The van der Waals surface area contributed by atoms with Gasteiger partial charge in [0.25, 0.3) is 5.56 Å². The van der Waals surface area contributed by atoms with E-state index in [0.29, 0.717) is 5.82 Å². The van der Waals surface area contributed by atoms with Crippen LogP contribution in [0.4, 0.5) is 0 Å². The molecule has 7 heteroatoms. The summed E-state index contributed by atoms with van der Waals surface area (Å²) in [5, 5.41) is 9.12. The maximum Gasteiger partial charge on any atom is 0.342 e. The van der Waals surface area contributed by atoms with Gasteiger partial charge in [-0.25, -0.2) is 9.78 Å². The summed E-state index contributed by atoms with van der Waals surface area (Å²) in [5.41, 5.74) is -0.882. The fourth-order valence-corrected chi connectivity index (χ4v) is 2.91. The molecule has 0 spiro atoms. The molecule has 0 saturated heterocycles. The van der Waals surface area contributed by atoms with Crippen LogP contribution >= 0.6 is 0 Å². The quantitative estimate of drug-likeness (QED) is 0.803. The number of carbonyl (C=O) groups is 1. The second-order valence-corrected chi connectivity index (χ2v) is 5.49. The van der Waals surface area contributed by atoms with E-state index < -0.39 is 17.8 Å². The summed E-state index contributed by atoms with van der Waals surface area (Å²) < 4.78 is 11.7. The molecule has 1 fully saturated rings. The van der Waals surface area contributed by atoms with Gasteiger partial charge in [-0.15, -0.1) is 0 Å². The number of aromatic nitrogens is 2. The van der Waals surface area contributed by atoms with Crippen LogP contribution in [0.5, 0.6) is 0 Å². The smallest absolute Gasteiger partial charge is 0.342 e. The van der Waals surface area contributed by atoms with Crippen molar-refractivity contribution in [3.05, 3.63) is 27.9 Å². The van der Waals surface area contributed by atoms with Crippen molar-refractivity contribution >= 4 is 5.97 Å². The van der Waals surface area contributed by atoms with Gasteiger partial charge < -0.3 is 14.6 Å². The molecular formula is C15H22N2O5. The Balaban J connectivity index is 2.45. The Bertz CT molecular complexity index is 574. The molecule has 7 nitrogen and oxygen atoms in total. The van der Waals surface area contributed by atoms with Crippen molar-refractivity contribution in [2.75, 3.05) is 14.2 Å². The van der Waals surface area contributed by atoms with Gasteiger partial charge in [0.05, 0.1) is 6.54 Å². The SMILES string of the molecule is COC(Cn1c(C2CCCCC2)ncc(C(=O)O)c1=O)OC. The van der Waals surface area contributed by atoms with Crippen LogP contribution in [0.2, 0.25) is 0 Å². The molecule has 0 aliphatic heterocycles. The van der Waals surface area contributed by atoms with Crippen molar-refractivity contribution in [2.45, 2.75) is 50.9 Å². The Labute approximate surface area is 128 Å². The van der Waals surface area contributed by atoms with Crippen molar-refractivity contribution in [3.8, 4) is 0 Å². The molecule has 2 rings (SSSR count). The number of hydrogen-bond acceptors (Lipinski definition) is 5. The van der Waals surface area contributed by atoms with E-state index in [9.17, 15) is 9.59 Å². The van der Waals surface area contributed by atoms with Crippen molar-refractivity contribution in [3.63, 3.8) is 0 Å². The minimum absolute atomic E-state index is 0.131. The largest absolute Gasteiger partial charge is 0.477 e. The summed E-state index contributed by atoms with van der Waals surface area (Å²) in [5.74, 6) is -0.458. The molecule has 0 atom stereocenters. The van der Waals surface area contributed by atoms with Crippen LogP contribution in [-0.4, -0.2) is 41.1 Å². The van der Waals surface area contributed by atoms with E-state index in [0.717, 1.165) is 25.7 Å². The van der Waals surface area contributed by atoms with Crippen molar-refractivity contribution < 1.29 is 19.4 Å². The molecule has 1 aromatic rings. The number of carboxylic acids is 1. The summed E-state index contributed by atoms with van der Waals surface area (Å²) in [7, 11) is 2.96. The number of ether oxygens (including phenoxy) is 2. The molecular weight excluding hydrogens is 288 g/mol. The number of carboxylic acid groups (broad SMARTS) is 1. The molecule has 22 heavy (non-hydrogen) atoms. The summed E-state index contributed by atoms with van der Waals surface area (Å²) >= 11 is 0. The van der Waals surface area contributed by atoms with E-state index in [-0.39, 0.29) is 18.0 Å². The summed E-state index contributed by atoms with van der Waals surface area (Å²) in [4.78, 5) is 27.9. The van der Waals surface area contributed by atoms with Crippen LogP contribution in [0, 0.1) is 0 Å². The lowest BCUT2D eigenvalue weighted by molar-refractivity contribution is -0.112. The number of hydrogen-bond donors (Lipinski definition) is 1. The van der Waals surface area contributed by atoms with Gasteiger partial charge in [0.15, 0.2) is 6.29 Å². The van der Waals surface area contributed by atoms with Gasteiger partial charge in [-0.2, -0.15) is 0 Å². The van der Waals surface area contributed by atoms with Gasteiger partial charge in [-0.05, 0) is 12.8 Å². The average Bonchev–Trinajstić information content (AvgIpc) is 2.54. The van der Waals surface area contributed by atoms with Gasteiger partial charge in [0.1, 0.15) is 11.4 Å². The molecule has 0 unspecified atom stereocenters. The number of methoxy groups -OCH3 is 2. The third kappa shape index (κ3) is 3.53. The molecule has 1 aromatic heterocycles. The van der Waals surface area contributed by atoms with Crippen LogP contribution in [0.15, 0.2) is 11.0 Å². The lowest BCUT2D eigenvalue weighted by Gasteiger charge is -2.25. The van der Waals surface area contributed by atoms with E-state index in [1.54, 1.807) is 0 Å². The molecule has 0 aromatic carbocycles. The van der Waals surface area contributed by atoms with E-state index in [1.807, 2.05) is 0 Å². The lowest BCUT2D eigenvalue weighted by atomic mass is 9.88. The van der Waals surface area contributed by atoms with Crippen LogP contribution in [-0.2, 0) is 16.0 Å². The highest BCUT2D eigenvalue weighted by atomic mass is 16.7. The molecule has 0 amide bonds. The first-order valence-corrected chi connectivity index (χ1v) is 7.47. The van der Waals surface area contributed by atoms with Gasteiger partial charge in [-0.3, -0.25) is 9.36 Å². The predicted molar refractivity (Wildman–Crippen MR) is 79.1 cm³/mol. The van der Waals surface area contributed by atoms with Crippen LogP contribution in [0.25, 0.3) is 0 Å². The molecule has 1 N–H and O–H groups in total. The number of aromatic carboxylic acids is 1. The Morgan fingerprint density at radius 1 is 1.36 bits per heavy atom. The first-order chi connectivity index (χ1) is 10.6. The lowest BCUT2D eigenvalue weighted by Crippen LogP contribution is -2.36. The minimum atomic E-state index is -1.27. The summed E-state index contributed by atoms with van der Waals surface area (Å²) in [6.45, 7) is 0.131. The van der Waals surface area contributed by atoms with E-state index >= 15 is 0 Å². The first kappa shape index (κ1) is 16.6. The molecule has 122 valence electrons. The number of rotatable bonds is 6. The Morgan fingerprint density at radius 3 is 2.55 bits per heavy atom. The van der Waals surface area contributed by atoms with Gasteiger partial charge in [0.2, 0.25) is 0 Å². The normalized spacial score (nSPS) is 16.1. The van der Waals surface area contributed by atoms with Gasteiger partial charge in [-0.1, -0.05) is 19.3 Å². The topological polar surface area (TPSA) is 90.7 Å².